The zero-order chi connectivity index (χ0) is 13.7. The van der Waals surface area contributed by atoms with Crippen LogP contribution in [0.15, 0.2) is 18.2 Å². The number of benzene rings is 1. The van der Waals surface area contributed by atoms with E-state index >= 15 is 0 Å². The number of anilines is 2. The molecule has 1 rings (SSSR count). The number of hydrogen-bond acceptors (Lipinski definition) is 4. The smallest absolute Gasteiger partial charge is 0.251 e. The predicted octanol–water partition coefficient (Wildman–Crippen LogP) is 0.807. The van der Waals surface area contributed by atoms with E-state index in [0.717, 1.165) is 5.69 Å². The van der Waals surface area contributed by atoms with Gasteiger partial charge in [0, 0.05) is 41.5 Å². The molecule has 0 aromatic heterocycles. The van der Waals surface area contributed by atoms with Crippen LogP contribution in [0.1, 0.15) is 17.3 Å². The maximum atomic E-state index is 11.4. The minimum atomic E-state index is -0.857. The largest absolute Gasteiger partial charge is 0.397 e. The fraction of sp³-hybridized carbons (Fsp3) is 0.417. The van der Waals surface area contributed by atoms with E-state index in [2.05, 4.69) is 10.6 Å². The fourth-order valence-electron chi connectivity index (χ4n) is 1.64. The lowest BCUT2D eigenvalue weighted by atomic mass is 10.1. The highest BCUT2D eigenvalue weighted by atomic mass is 32.2. The quantitative estimate of drug-likeness (QED) is 0.691. The van der Waals surface area contributed by atoms with Gasteiger partial charge < -0.3 is 16.4 Å². The van der Waals surface area contributed by atoms with Crippen LogP contribution in [0.5, 0.6) is 0 Å². The molecule has 0 saturated carbocycles. The second-order valence-corrected chi connectivity index (χ2v) is 5.65. The molecule has 2 atom stereocenters. The lowest BCUT2D eigenvalue weighted by molar-refractivity contribution is 0.0963. The monoisotopic (exact) mass is 269 g/mol. The van der Waals surface area contributed by atoms with Crippen LogP contribution in [0.25, 0.3) is 0 Å². The number of nitrogen functional groups attached to an aromatic ring is 1. The van der Waals surface area contributed by atoms with E-state index in [1.165, 1.54) is 0 Å². The van der Waals surface area contributed by atoms with Gasteiger partial charge in [-0.05, 0) is 25.1 Å². The van der Waals surface area contributed by atoms with Crippen LogP contribution in [-0.2, 0) is 10.8 Å². The average molecular weight is 269 g/mol. The molecule has 0 fully saturated rings. The molecule has 2 unspecified atom stereocenters. The Morgan fingerprint density at radius 1 is 1.50 bits per heavy atom. The van der Waals surface area contributed by atoms with Crippen molar-refractivity contribution >= 4 is 28.1 Å². The zero-order valence-electron chi connectivity index (χ0n) is 10.8. The van der Waals surface area contributed by atoms with Crippen molar-refractivity contribution in [2.45, 2.75) is 13.0 Å². The summed E-state index contributed by atoms with van der Waals surface area (Å²) in [5, 5.41) is 5.72. The number of nitrogens with two attached hydrogens (primary N) is 1. The number of hydrogen-bond donors (Lipinski definition) is 3. The summed E-state index contributed by atoms with van der Waals surface area (Å²) < 4.78 is 11.1. The number of amides is 1. The third kappa shape index (κ3) is 4.03. The van der Waals surface area contributed by atoms with E-state index in [0.29, 0.717) is 17.0 Å². The second kappa shape index (κ2) is 6.39. The van der Waals surface area contributed by atoms with Gasteiger partial charge in [-0.1, -0.05) is 0 Å². The summed E-state index contributed by atoms with van der Waals surface area (Å²) in [6.07, 6.45) is 1.66. The third-order valence-corrected chi connectivity index (χ3v) is 3.40. The van der Waals surface area contributed by atoms with Gasteiger partial charge in [0.2, 0.25) is 0 Å². The van der Waals surface area contributed by atoms with Crippen molar-refractivity contribution in [3.63, 3.8) is 0 Å². The maximum absolute atomic E-state index is 11.4. The first-order chi connectivity index (χ1) is 8.43. The lowest BCUT2D eigenvalue weighted by Gasteiger charge is -2.16. The minimum Gasteiger partial charge on any atom is -0.397 e. The van der Waals surface area contributed by atoms with Crippen molar-refractivity contribution in [1.29, 1.82) is 0 Å². The van der Waals surface area contributed by atoms with Gasteiger partial charge in [-0.15, -0.1) is 0 Å². The van der Waals surface area contributed by atoms with Crippen molar-refractivity contribution in [3.8, 4) is 0 Å². The molecule has 0 saturated heterocycles. The number of nitrogens with one attached hydrogen (secondary N) is 2. The molecule has 1 aromatic rings. The summed E-state index contributed by atoms with van der Waals surface area (Å²) in [5.41, 5.74) is 7.65. The van der Waals surface area contributed by atoms with Crippen LogP contribution >= 0.6 is 0 Å². The Morgan fingerprint density at radius 3 is 2.67 bits per heavy atom. The van der Waals surface area contributed by atoms with Crippen LogP contribution in [0.2, 0.25) is 0 Å². The van der Waals surface area contributed by atoms with Crippen molar-refractivity contribution in [2.75, 3.05) is 30.1 Å². The van der Waals surface area contributed by atoms with E-state index in [1.54, 1.807) is 31.5 Å². The van der Waals surface area contributed by atoms with Gasteiger partial charge in [0.05, 0.1) is 11.4 Å². The highest BCUT2D eigenvalue weighted by molar-refractivity contribution is 7.84. The Hall–Kier alpha value is -1.56. The molecular weight excluding hydrogens is 250 g/mol. The molecule has 18 heavy (non-hydrogen) atoms. The van der Waals surface area contributed by atoms with Crippen molar-refractivity contribution in [2.24, 2.45) is 0 Å². The summed E-state index contributed by atoms with van der Waals surface area (Å²) in [6.45, 7) is 1.94. The van der Waals surface area contributed by atoms with Gasteiger partial charge in [0.1, 0.15) is 0 Å². The Kier molecular flexibility index (Phi) is 5.15. The van der Waals surface area contributed by atoms with E-state index in [4.69, 9.17) is 5.73 Å². The zero-order valence-corrected chi connectivity index (χ0v) is 11.6. The standard InChI is InChI=1S/C12H19N3O2S/c1-8(7-18(3)17)15-11-5-4-9(6-10(11)13)12(16)14-2/h4-6,8,15H,7,13H2,1-3H3,(H,14,16). The summed E-state index contributed by atoms with van der Waals surface area (Å²) in [7, 11) is 0.716. The predicted molar refractivity (Wildman–Crippen MR) is 76.3 cm³/mol. The first-order valence-corrected chi connectivity index (χ1v) is 7.35. The van der Waals surface area contributed by atoms with E-state index in [9.17, 15) is 9.00 Å². The van der Waals surface area contributed by atoms with Crippen molar-refractivity contribution < 1.29 is 9.00 Å². The average Bonchev–Trinajstić information content (AvgIpc) is 2.29. The molecule has 5 nitrogen and oxygen atoms in total. The molecular formula is C12H19N3O2S. The summed E-state index contributed by atoms with van der Waals surface area (Å²) >= 11 is 0. The van der Waals surface area contributed by atoms with Gasteiger partial charge in [0.15, 0.2) is 0 Å². The number of carbonyl (C=O) groups is 1. The molecule has 0 aliphatic heterocycles. The summed E-state index contributed by atoms with van der Waals surface area (Å²) in [5.74, 6) is 0.382. The van der Waals surface area contributed by atoms with Gasteiger partial charge in [-0.3, -0.25) is 9.00 Å². The lowest BCUT2D eigenvalue weighted by Crippen LogP contribution is -2.23. The molecule has 0 aliphatic carbocycles. The van der Waals surface area contributed by atoms with Crippen LogP contribution in [0.3, 0.4) is 0 Å². The second-order valence-electron chi connectivity index (χ2n) is 4.17. The molecule has 4 N–H and O–H groups in total. The third-order valence-electron chi connectivity index (χ3n) is 2.43. The first kappa shape index (κ1) is 14.5. The molecule has 1 aromatic carbocycles. The molecule has 0 spiro atoms. The Bertz CT molecular complexity index is 463. The Morgan fingerprint density at radius 2 is 2.17 bits per heavy atom. The highest BCUT2D eigenvalue weighted by Gasteiger charge is 2.09. The van der Waals surface area contributed by atoms with Crippen molar-refractivity contribution in [1.82, 2.24) is 5.32 Å². The first-order valence-electron chi connectivity index (χ1n) is 5.62. The van der Waals surface area contributed by atoms with Crippen LogP contribution in [0, 0.1) is 0 Å². The number of rotatable bonds is 5. The highest BCUT2D eigenvalue weighted by Crippen LogP contribution is 2.20. The van der Waals surface area contributed by atoms with Crippen LogP contribution in [0.4, 0.5) is 11.4 Å². The topological polar surface area (TPSA) is 84.2 Å². The van der Waals surface area contributed by atoms with Crippen LogP contribution < -0.4 is 16.4 Å². The van der Waals surface area contributed by atoms with Crippen LogP contribution in [-0.4, -0.2) is 35.2 Å². The summed E-state index contributed by atoms with van der Waals surface area (Å²) in [4.78, 5) is 11.4. The minimum absolute atomic E-state index is 0.0592. The molecule has 0 heterocycles. The molecule has 0 radical (unpaired) electrons. The molecule has 6 heteroatoms. The van der Waals surface area contributed by atoms with E-state index in [-0.39, 0.29) is 11.9 Å². The molecule has 100 valence electrons. The van der Waals surface area contributed by atoms with E-state index in [1.807, 2.05) is 6.92 Å². The van der Waals surface area contributed by atoms with Gasteiger partial charge in [0.25, 0.3) is 5.91 Å². The Labute approximate surface area is 110 Å². The molecule has 1 amide bonds. The number of carbonyl (C=O) groups excluding carboxylic acids is 1. The SMILES string of the molecule is CNC(=O)c1ccc(NC(C)CS(C)=O)c(N)c1. The fourth-order valence-corrected chi connectivity index (χ4v) is 2.43. The van der Waals surface area contributed by atoms with Gasteiger partial charge in [-0.2, -0.15) is 0 Å². The van der Waals surface area contributed by atoms with Crippen molar-refractivity contribution in [3.05, 3.63) is 23.8 Å². The summed E-state index contributed by atoms with van der Waals surface area (Å²) in [6, 6.07) is 5.14. The Balaban J connectivity index is 2.79. The maximum Gasteiger partial charge on any atom is 0.251 e. The van der Waals surface area contributed by atoms with Gasteiger partial charge in [-0.25, -0.2) is 0 Å². The van der Waals surface area contributed by atoms with Gasteiger partial charge >= 0.3 is 0 Å². The molecule has 0 bridgehead atoms. The molecule has 0 aliphatic rings. The van der Waals surface area contributed by atoms with E-state index < -0.39 is 10.8 Å². The normalized spacial score (nSPS) is 13.7.